The van der Waals surface area contributed by atoms with Crippen LogP contribution in [0.25, 0.3) is 0 Å². The van der Waals surface area contributed by atoms with Crippen molar-refractivity contribution in [1.82, 2.24) is 10.6 Å². The molecule has 2 N–H and O–H groups in total. The molecule has 2 aromatic rings. The average Bonchev–Trinajstić information content (AvgIpc) is 3.01. The first-order valence-electron chi connectivity index (χ1n) is 10.2. The molecule has 156 valence electrons. The van der Waals surface area contributed by atoms with E-state index in [-0.39, 0.29) is 0 Å². The molecule has 1 heterocycles. The number of nitrogens with zero attached hydrogens (tertiary/aromatic N) is 1. The minimum atomic E-state index is 0.452. The third kappa shape index (κ3) is 6.04. The van der Waals surface area contributed by atoms with Crippen molar-refractivity contribution in [2.75, 3.05) is 33.9 Å². The number of ether oxygens (including phenoxy) is 3. The zero-order valence-corrected chi connectivity index (χ0v) is 17.5. The van der Waals surface area contributed by atoms with Gasteiger partial charge in [0, 0.05) is 26.6 Å². The van der Waals surface area contributed by atoms with Crippen molar-refractivity contribution >= 4 is 5.96 Å². The lowest BCUT2D eigenvalue weighted by molar-refractivity contribution is 0.297. The Balaban J connectivity index is 1.45. The number of hydrogen-bond acceptors (Lipinski definition) is 4. The van der Waals surface area contributed by atoms with E-state index >= 15 is 0 Å². The molecule has 0 amide bonds. The van der Waals surface area contributed by atoms with Crippen molar-refractivity contribution in [3.8, 4) is 17.2 Å². The molecule has 3 rings (SSSR count). The van der Waals surface area contributed by atoms with Crippen LogP contribution in [0.4, 0.5) is 0 Å². The Morgan fingerprint density at radius 1 is 1.07 bits per heavy atom. The second-order valence-electron chi connectivity index (χ2n) is 7.15. The van der Waals surface area contributed by atoms with Crippen LogP contribution in [0, 0.1) is 0 Å². The van der Waals surface area contributed by atoms with E-state index in [0.717, 1.165) is 48.2 Å². The Hall–Kier alpha value is -2.89. The molecular weight excluding hydrogens is 366 g/mol. The van der Waals surface area contributed by atoms with E-state index in [9.17, 15) is 0 Å². The number of rotatable bonds is 7. The van der Waals surface area contributed by atoms with E-state index in [0.29, 0.717) is 25.7 Å². The summed E-state index contributed by atoms with van der Waals surface area (Å²) in [5.74, 6) is 3.77. The predicted octanol–water partition coefficient (Wildman–Crippen LogP) is 3.72. The fourth-order valence-corrected chi connectivity index (χ4v) is 3.23. The number of aliphatic imine (C=N–C) groups is 1. The topological polar surface area (TPSA) is 64.1 Å². The molecule has 0 radical (unpaired) electrons. The van der Waals surface area contributed by atoms with E-state index < -0.39 is 0 Å². The normalized spacial score (nSPS) is 14.7. The van der Waals surface area contributed by atoms with Crippen molar-refractivity contribution in [2.45, 2.75) is 32.2 Å². The van der Waals surface area contributed by atoms with Crippen LogP contribution in [0.2, 0.25) is 0 Å². The first kappa shape index (κ1) is 20.8. The van der Waals surface area contributed by atoms with Crippen LogP contribution in [0.15, 0.2) is 47.5 Å². The van der Waals surface area contributed by atoms with Gasteiger partial charge in [0.2, 0.25) is 0 Å². The number of benzene rings is 2. The minimum absolute atomic E-state index is 0.452. The average molecular weight is 398 g/mol. The van der Waals surface area contributed by atoms with Crippen LogP contribution in [-0.2, 0) is 6.54 Å². The number of nitrogens with one attached hydrogen (secondary N) is 2. The highest BCUT2D eigenvalue weighted by molar-refractivity contribution is 5.79. The van der Waals surface area contributed by atoms with Crippen LogP contribution < -0.4 is 24.8 Å². The predicted molar refractivity (Wildman–Crippen MR) is 116 cm³/mol. The van der Waals surface area contributed by atoms with Gasteiger partial charge in [0.25, 0.3) is 0 Å². The maximum Gasteiger partial charge on any atom is 0.191 e. The maximum atomic E-state index is 5.76. The van der Waals surface area contributed by atoms with E-state index in [2.05, 4.69) is 40.7 Å². The van der Waals surface area contributed by atoms with Gasteiger partial charge in [0.1, 0.15) is 5.75 Å². The quantitative estimate of drug-likeness (QED) is 0.551. The smallest absolute Gasteiger partial charge is 0.191 e. The van der Waals surface area contributed by atoms with Gasteiger partial charge in [-0.2, -0.15) is 0 Å². The fourth-order valence-electron chi connectivity index (χ4n) is 3.23. The molecule has 0 spiro atoms. The van der Waals surface area contributed by atoms with Gasteiger partial charge in [-0.25, -0.2) is 0 Å². The molecular formula is C23H31N3O3. The lowest BCUT2D eigenvalue weighted by atomic mass is 9.98. The lowest BCUT2D eigenvalue weighted by Gasteiger charge is -2.16. The van der Waals surface area contributed by atoms with Gasteiger partial charge in [-0.15, -0.1) is 0 Å². The summed E-state index contributed by atoms with van der Waals surface area (Å²) < 4.78 is 16.7. The summed E-state index contributed by atoms with van der Waals surface area (Å²) in [5, 5.41) is 6.76. The van der Waals surface area contributed by atoms with Crippen LogP contribution in [0.1, 0.15) is 36.8 Å². The highest BCUT2D eigenvalue weighted by atomic mass is 16.5. The van der Waals surface area contributed by atoms with Crippen LogP contribution in [0.5, 0.6) is 17.2 Å². The molecule has 1 aliphatic rings. The molecule has 0 bridgehead atoms. The van der Waals surface area contributed by atoms with Gasteiger partial charge in [-0.3, -0.25) is 4.99 Å². The summed E-state index contributed by atoms with van der Waals surface area (Å²) in [7, 11) is 3.48. The summed E-state index contributed by atoms with van der Waals surface area (Å²) in [6.07, 6.45) is 1.92. The zero-order valence-electron chi connectivity index (χ0n) is 17.5. The van der Waals surface area contributed by atoms with Gasteiger partial charge >= 0.3 is 0 Å². The van der Waals surface area contributed by atoms with Gasteiger partial charge in [0.05, 0.1) is 20.3 Å². The fraction of sp³-hybridized carbons (Fsp3) is 0.435. The van der Waals surface area contributed by atoms with Gasteiger partial charge in [-0.05, 0) is 47.7 Å². The summed E-state index contributed by atoms with van der Waals surface area (Å²) in [6.45, 7) is 5.14. The summed E-state index contributed by atoms with van der Waals surface area (Å²) in [4.78, 5) is 4.32. The molecule has 0 saturated heterocycles. The van der Waals surface area contributed by atoms with E-state index in [1.807, 2.05) is 24.3 Å². The third-order valence-electron chi connectivity index (χ3n) is 5.05. The van der Waals surface area contributed by atoms with Crippen molar-refractivity contribution in [3.05, 3.63) is 53.6 Å². The number of hydrogen-bond donors (Lipinski definition) is 2. The summed E-state index contributed by atoms with van der Waals surface area (Å²) in [6, 6.07) is 14.3. The maximum absolute atomic E-state index is 5.76. The molecule has 0 saturated carbocycles. The highest BCUT2D eigenvalue weighted by Crippen LogP contribution is 2.30. The first-order valence-corrected chi connectivity index (χ1v) is 10.2. The van der Waals surface area contributed by atoms with Gasteiger partial charge < -0.3 is 24.8 Å². The summed E-state index contributed by atoms with van der Waals surface area (Å²) in [5.41, 5.74) is 2.44. The lowest BCUT2D eigenvalue weighted by Crippen LogP contribution is -2.37. The Morgan fingerprint density at radius 2 is 1.83 bits per heavy atom. The number of fused-ring (bicyclic) bond motifs is 1. The van der Waals surface area contributed by atoms with Crippen molar-refractivity contribution < 1.29 is 14.2 Å². The summed E-state index contributed by atoms with van der Waals surface area (Å²) >= 11 is 0. The Morgan fingerprint density at radius 3 is 2.55 bits per heavy atom. The highest BCUT2D eigenvalue weighted by Gasteiger charge is 2.11. The van der Waals surface area contributed by atoms with Crippen molar-refractivity contribution in [1.29, 1.82) is 0 Å². The van der Waals surface area contributed by atoms with Gasteiger partial charge in [-0.1, -0.05) is 25.1 Å². The molecule has 6 heteroatoms. The van der Waals surface area contributed by atoms with Crippen LogP contribution in [0.3, 0.4) is 0 Å². The van der Waals surface area contributed by atoms with E-state index in [1.165, 1.54) is 5.56 Å². The van der Waals surface area contributed by atoms with Crippen LogP contribution in [-0.4, -0.2) is 39.9 Å². The molecule has 1 aliphatic heterocycles. The Labute approximate surface area is 173 Å². The Kier molecular flexibility index (Phi) is 7.61. The van der Waals surface area contributed by atoms with Crippen molar-refractivity contribution in [2.24, 2.45) is 4.99 Å². The standard InChI is InChI=1S/C23H31N3O3/c1-17(19-6-8-20(27-3)9-7-19)11-12-25-23(24-2)26-16-18-5-10-21-22(15-18)29-14-4-13-28-21/h5-10,15,17H,4,11-14,16H2,1-3H3,(H2,24,25,26). The molecule has 2 aromatic carbocycles. The van der Waals surface area contributed by atoms with Crippen LogP contribution >= 0.6 is 0 Å². The minimum Gasteiger partial charge on any atom is -0.497 e. The Bertz CT molecular complexity index is 806. The molecule has 0 aliphatic carbocycles. The molecule has 1 atom stereocenters. The number of guanidine groups is 1. The first-order chi connectivity index (χ1) is 14.2. The molecule has 6 nitrogen and oxygen atoms in total. The van der Waals surface area contributed by atoms with Gasteiger partial charge in [0.15, 0.2) is 17.5 Å². The molecule has 1 unspecified atom stereocenters. The second kappa shape index (κ2) is 10.6. The third-order valence-corrected chi connectivity index (χ3v) is 5.05. The second-order valence-corrected chi connectivity index (χ2v) is 7.15. The molecule has 0 aromatic heterocycles. The molecule has 0 fully saturated rings. The number of methoxy groups -OCH3 is 1. The van der Waals surface area contributed by atoms with E-state index in [4.69, 9.17) is 14.2 Å². The largest absolute Gasteiger partial charge is 0.497 e. The molecule has 29 heavy (non-hydrogen) atoms. The van der Waals surface area contributed by atoms with E-state index in [1.54, 1.807) is 14.2 Å². The SMILES string of the molecule is CN=C(NCCC(C)c1ccc(OC)cc1)NCc1ccc2c(c1)OCCCO2. The zero-order chi connectivity index (χ0) is 20.5. The van der Waals surface area contributed by atoms with Crippen molar-refractivity contribution in [3.63, 3.8) is 0 Å². The monoisotopic (exact) mass is 397 g/mol.